The highest BCUT2D eigenvalue weighted by atomic mass is 16.2. The fraction of sp³-hybridized carbons (Fsp3) is 0.385. The first-order chi connectivity index (χ1) is 8.60. The second-order valence-electron chi connectivity index (χ2n) is 4.93. The lowest BCUT2D eigenvalue weighted by Gasteiger charge is -2.29. The summed E-state index contributed by atoms with van der Waals surface area (Å²) in [7, 11) is 0. The lowest BCUT2D eigenvalue weighted by molar-refractivity contribution is -0.128. The van der Waals surface area contributed by atoms with E-state index in [4.69, 9.17) is 5.73 Å². The molecule has 2 fully saturated rings. The Kier molecular flexibility index (Phi) is 2.38. The number of carbonyl (C=O) groups excluding carboxylic acids is 2. The van der Waals surface area contributed by atoms with E-state index in [9.17, 15) is 9.59 Å². The fourth-order valence-corrected chi connectivity index (χ4v) is 2.31. The van der Waals surface area contributed by atoms with Crippen molar-refractivity contribution in [3.05, 3.63) is 29.8 Å². The van der Waals surface area contributed by atoms with Crippen molar-refractivity contribution in [3.63, 3.8) is 0 Å². The Labute approximate surface area is 105 Å². The zero-order valence-corrected chi connectivity index (χ0v) is 9.98. The molecule has 5 heteroatoms. The summed E-state index contributed by atoms with van der Waals surface area (Å²) in [6.45, 7) is 0.136. The molecule has 18 heavy (non-hydrogen) atoms. The molecule has 94 valence electrons. The van der Waals surface area contributed by atoms with Crippen LogP contribution in [0, 0.1) is 0 Å². The quantitative estimate of drug-likeness (QED) is 0.775. The smallest absolute Gasteiger partial charge is 0.246 e. The monoisotopic (exact) mass is 245 g/mol. The number of nitrogens with zero attached hydrogens (tertiary/aromatic N) is 1. The number of carbonyl (C=O) groups is 2. The Bertz CT molecular complexity index is 523. The van der Waals surface area contributed by atoms with Gasteiger partial charge in [0.05, 0.1) is 6.54 Å². The molecule has 1 saturated heterocycles. The Balaban J connectivity index is 2.00. The van der Waals surface area contributed by atoms with Crippen LogP contribution in [0.2, 0.25) is 0 Å². The van der Waals surface area contributed by atoms with Gasteiger partial charge in [-0.2, -0.15) is 0 Å². The van der Waals surface area contributed by atoms with Crippen molar-refractivity contribution in [2.24, 2.45) is 5.73 Å². The van der Waals surface area contributed by atoms with E-state index in [-0.39, 0.29) is 30.4 Å². The van der Waals surface area contributed by atoms with Crippen LogP contribution in [0.3, 0.4) is 0 Å². The number of para-hydroxylation sites is 1. The lowest BCUT2D eigenvalue weighted by Crippen LogP contribution is -2.52. The van der Waals surface area contributed by atoms with Gasteiger partial charge in [-0.15, -0.1) is 0 Å². The third-order valence-electron chi connectivity index (χ3n) is 3.56. The molecular formula is C13H15N3O2. The summed E-state index contributed by atoms with van der Waals surface area (Å²) in [5.74, 6) is -0.224. The van der Waals surface area contributed by atoms with Crippen LogP contribution in [0.15, 0.2) is 24.3 Å². The average molecular weight is 245 g/mol. The Morgan fingerprint density at radius 1 is 1.22 bits per heavy atom. The van der Waals surface area contributed by atoms with Crippen molar-refractivity contribution in [1.82, 2.24) is 5.32 Å². The molecule has 3 rings (SSSR count). The first-order valence-electron chi connectivity index (χ1n) is 6.06. The highest BCUT2D eigenvalue weighted by Gasteiger charge is 2.43. The molecule has 0 aromatic heterocycles. The van der Waals surface area contributed by atoms with Gasteiger partial charge in [0.15, 0.2) is 0 Å². The first kappa shape index (κ1) is 11.2. The van der Waals surface area contributed by atoms with Crippen molar-refractivity contribution in [2.45, 2.75) is 18.4 Å². The summed E-state index contributed by atoms with van der Waals surface area (Å²) in [4.78, 5) is 24.9. The Morgan fingerprint density at radius 3 is 2.67 bits per heavy atom. The van der Waals surface area contributed by atoms with Crippen LogP contribution in [0.5, 0.6) is 0 Å². The summed E-state index contributed by atoms with van der Waals surface area (Å²) in [5.41, 5.74) is 7.64. The van der Waals surface area contributed by atoms with Crippen LogP contribution in [0.25, 0.3) is 0 Å². The number of benzene rings is 1. The standard InChI is InChI=1S/C13H15N3O2/c14-13(5-6-13)9-3-1-2-4-10(9)16-8-11(17)15-7-12(16)18/h1-4H,5-8,14H2,(H,15,17). The van der Waals surface area contributed by atoms with E-state index >= 15 is 0 Å². The van der Waals surface area contributed by atoms with Crippen molar-refractivity contribution < 1.29 is 9.59 Å². The van der Waals surface area contributed by atoms with Gasteiger partial charge < -0.3 is 16.0 Å². The highest BCUT2D eigenvalue weighted by Crippen LogP contribution is 2.46. The SMILES string of the molecule is NC1(c2ccccc2N2CC(=O)NCC2=O)CC1. The molecular weight excluding hydrogens is 230 g/mol. The molecule has 1 aliphatic carbocycles. The zero-order valence-electron chi connectivity index (χ0n) is 9.98. The van der Waals surface area contributed by atoms with Gasteiger partial charge in [-0.05, 0) is 24.5 Å². The maximum absolute atomic E-state index is 11.9. The van der Waals surface area contributed by atoms with Crippen LogP contribution in [-0.2, 0) is 15.1 Å². The first-order valence-corrected chi connectivity index (χ1v) is 6.06. The predicted molar refractivity (Wildman–Crippen MR) is 66.9 cm³/mol. The second kappa shape index (κ2) is 3.81. The molecule has 1 aromatic rings. The topological polar surface area (TPSA) is 75.4 Å². The van der Waals surface area contributed by atoms with E-state index in [0.717, 1.165) is 24.1 Å². The molecule has 1 aromatic carbocycles. The minimum Gasteiger partial charge on any atom is -0.345 e. The van der Waals surface area contributed by atoms with Crippen LogP contribution < -0.4 is 16.0 Å². The van der Waals surface area contributed by atoms with Gasteiger partial charge in [-0.25, -0.2) is 0 Å². The van der Waals surface area contributed by atoms with Crippen molar-refractivity contribution >= 4 is 17.5 Å². The van der Waals surface area contributed by atoms with Gasteiger partial charge in [0.2, 0.25) is 11.8 Å². The third-order valence-corrected chi connectivity index (χ3v) is 3.56. The number of piperazine rings is 1. The predicted octanol–water partition coefficient (Wildman–Crippen LogP) is 0.0972. The van der Waals surface area contributed by atoms with Crippen LogP contribution >= 0.6 is 0 Å². The van der Waals surface area contributed by atoms with Crippen LogP contribution in [0.1, 0.15) is 18.4 Å². The van der Waals surface area contributed by atoms with E-state index in [1.54, 1.807) is 0 Å². The number of hydrogen-bond acceptors (Lipinski definition) is 3. The number of nitrogens with two attached hydrogens (primary N) is 1. The summed E-state index contributed by atoms with van der Waals surface area (Å²) < 4.78 is 0. The zero-order chi connectivity index (χ0) is 12.8. The molecule has 1 aliphatic heterocycles. The fourth-order valence-electron chi connectivity index (χ4n) is 2.31. The molecule has 0 atom stereocenters. The molecule has 0 unspecified atom stereocenters. The van der Waals surface area contributed by atoms with Gasteiger partial charge in [0, 0.05) is 11.2 Å². The molecule has 2 aliphatic rings. The highest BCUT2D eigenvalue weighted by molar-refractivity contribution is 6.05. The van der Waals surface area contributed by atoms with Crippen molar-refractivity contribution in [2.75, 3.05) is 18.0 Å². The van der Waals surface area contributed by atoms with E-state index < -0.39 is 0 Å². The van der Waals surface area contributed by atoms with Gasteiger partial charge in [0.1, 0.15) is 6.54 Å². The largest absolute Gasteiger partial charge is 0.345 e. The van der Waals surface area contributed by atoms with Crippen LogP contribution in [0.4, 0.5) is 5.69 Å². The van der Waals surface area contributed by atoms with Crippen molar-refractivity contribution in [3.8, 4) is 0 Å². The van der Waals surface area contributed by atoms with E-state index in [0.29, 0.717) is 0 Å². The van der Waals surface area contributed by atoms with Gasteiger partial charge in [-0.3, -0.25) is 9.59 Å². The Hall–Kier alpha value is -1.88. The minimum atomic E-state index is -0.315. The third kappa shape index (κ3) is 1.76. The summed E-state index contributed by atoms with van der Waals surface area (Å²) in [5, 5.41) is 2.54. The lowest BCUT2D eigenvalue weighted by atomic mass is 10.0. The van der Waals surface area contributed by atoms with Crippen LogP contribution in [-0.4, -0.2) is 24.9 Å². The molecule has 1 heterocycles. The normalized spacial score (nSPS) is 21.7. The van der Waals surface area contributed by atoms with Gasteiger partial charge in [0.25, 0.3) is 0 Å². The summed E-state index contributed by atoms with van der Waals surface area (Å²) in [6, 6.07) is 7.59. The summed E-state index contributed by atoms with van der Waals surface area (Å²) in [6.07, 6.45) is 1.86. The molecule has 2 amide bonds. The summed E-state index contributed by atoms with van der Waals surface area (Å²) >= 11 is 0. The molecule has 0 radical (unpaired) electrons. The number of anilines is 1. The molecule has 0 spiro atoms. The number of nitrogens with one attached hydrogen (secondary N) is 1. The molecule has 3 N–H and O–H groups in total. The van der Waals surface area contributed by atoms with E-state index in [1.807, 2.05) is 24.3 Å². The average Bonchev–Trinajstić information content (AvgIpc) is 3.12. The number of rotatable bonds is 2. The number of hydrogen-bond donors (Lipinski definition) is 2. The Morgan fingerprint density at radius 2 is 1.94 bits per heavy atom. The van der Waals surface area contributed by atoms with Gasteiger partial charge >= 0.3 is 0 Å². The van der Waals surface area contributed by atoms with Crippen molar-refractivity contribution in [1.29, 1.82) is 0 Å². The molecule has 0 bridgehead atoms. The van der Waals surface area contributed by atoms with E-state index in [2.05, 4.69) is 5.32 Å². The second-order valence-corrected chi connectivity index (χ2v) is 4.93. The molecule has 5 nitrogen and oxygen atoms in total. The maximum atomic E-state index is 11.9. The van der Waals surface area contributed by atoms with E-state index in [1.165, 1.54) is 4.90 Å². The number of amides is 2. The molecule has 1 saturated carbocycles. The van der Waals surface area contributed by atoms with Gasteiger partial charge in [-0.1, -0.05) is 18.2 Å². The minimum absolute atomic E-state index is 0.0603. The maximum Gasteiger partial charge on any atom is 0.246 e.